The summed E-state index contributed by atoms with van der Waals surface area (Å²) in [4.78, 5) is 6.90. The lowest BCUT2D eigenvalue weighted by Gasteiger charge is -2.36. The lowest BCUT2D eigenvalue weighted by Crippen LogP contribution is -2.44. The van der Waals surface area contributed by atoms with E-state index in [0.29, 0.717) is 12.0 Å². The van der Waals surface area contributed by atoms with Crippen LogP contribution in [0.25, 0.3) is 0 Å². The highest BCUT2D eigenvalue weighted by atomic mass is 16.5. The Hall–Kier alpha value is -1.13. The van der Waals surface area contributed by atoms with Gasteiger partial charge in [0.2, 0.25) is 0 Å². The van der Waals surface area contributed by atoms with Gasteiger partial charge in [0.25, 0.3) is 0 Å². The van der Waals surface area contributed by atoms with Gasteiger partial charge in [-0.1, -0.05) is 19.9 Å². The second-order valence-corrected chi connectivity index (χ2v) is 5.29. The minimum absolute atomic E-state index is 0.317. The third kappa shape index (κ3) is 3.67. The predicted octanol–water partition coefficient (Wildman–Crippen LogP) is 2.05. The highest BCUT2D eigenvalue weighted by Gasteiger charge is 2.26. The number of nitrogens with one attached hydrogen (secondary N) is 1. The van der Waals surface area contributed by atoms with E-state index in [1.807, 2.05) is 6.20 Å². The van der Waals surface area contributed by atoms with E-state index in [1.54, 1.807) is 7.11 Å². The van der Waals surface area contributed by atoms with E-state index >= 15 is 0 Å². The summed E-state index contributed by atoms with van der Waals surface area (Å²) in [5.41, 5.74) is 1.24. The fourth-order valence-corrected chi connectivity index (χ4v) is 2.53. The topological polar surface area (TPSA) is 37.4 Å². The molecule has 1 aromatic heterocycles. The van der Waals surface area contributed by atoms with Crippen molar-refractivity contribution in [2.75, 3.05) is 31.6 Å². The molecule has 19 heavy (non-hydrogen) atoms. The van der Waals surface area contributed by atoms with Gasteiger partial charge in [0.15, 0.2) is 0 Å². The number of nitrogens with zero attached hydrogens (tertiary/aromatic N) is 2. The van der Waals surface area contributed by atoms with Crippen molar-refractivity contribution in [2.45, 2.75) is 32.9 Å². The van der Waals surface area contributed by atoms with E-state index < -0.39 is 0 Å². The summed E-state index contributed by atoms with van der Waals surface area (Å²) in [6.07, 6.45) is 3.45. The van der Waals surface area contributed by atoms with Crippen molar-refractivity contribution in [2.24, 2.45) is 5.92 Å². The molecule has 0 amide bonds. The largest absolute Gasteiger partial charge is 0.379 e. The Kier molecular flexibility index (Phi) is 5.16. The van der Waals surface area contributed by atoms with Crippen LogP contribution in [-0.2, 0) is 11.3 Å². The Morgan fingerprint density at radius 3 is 2.95 bits per heavy atom. The fourth-order valence-electron chi connectivity index (χ4n) is 2.53. The van der Waals surface area contributed by atoms with Crippen LogP contribution >= 0.6 is 0 Å². The zero-order valence-electron chi connectivity index (χ0n) is 12.2. The normalized spacial score (nSPS) is 23.6. The molecule has 2 heterocycles. The molecule has 0 bridgehead atoms. The monoisotopic (exact) mass is 263 g/mol. The maximum atomic E-state index is 5.55. The first-order valence-electron chi connectivity index (χ1n) is 7.18. The highest BCUT2D eigenvalue weighted by molar-refractivity contribution is 5.40. The lowest BCUT2D eigenvalue weighted by molar-refractivity contribution is 0.0496. The van der Waals surface area contributed by atoms with Crippen molar-refractivity contribution < 1.29 is 4.74 Å². The molecule has 2 atom stereocenters. The molecule has 1 aromatic rings. The van der Waals surface area contributed by atoms with Crippen molar-refractivity contribution in [3.05, 3.63) is 23.9 Å². The van der Waals surface area contributed by atoms with Crippen LogP contribution in [0.2, 0.25) is 0 Å². The van der Waals surface area contributed by atoms with Crippen LogP contribution in [0, 0.1) is 5.92 Å². The molecular weight excluding hydrogens is 238 g/mol. The second-order valence-electron chi connectivity index (χ2n) is 5.29. The van der Waals surface area contributed by atoms with Crippen LogP contribution in [0.1, 0.15) is 25.8 Å². The number of methoxy groups -OCH3 is 1. The summed E-state index contributed by atoms with van der Waals surface area (Å²) in [7, 11) is 1.80. The van der Waals surface area contributed by atoms with Gasteiger partial charge < -0.3 is 15.0 Å². The maximum Gasteiger partial charge on any atom is 0.128 e. The Bertz CT molecular complexity index is 379. The van der Waals surface area contributed by atoms with Crippen molar-refractivity contribution in [3.8, 4) is 0 Å². The Morgan fingerprint density at radius 2 is 2.32 bits per heavy atom. The van der Waals surface area contributed by atoms with Gasteiger partial charge in [-0.2, -0.15) is 0 Å². The van der Waals surface area contributed by atoms with Crippen molar-refractivity contribution in [1.29, 1.82) is 0 Å². The summed E-state index contributed by atoms with van der Waals surface area (Å²) in [5.74, 6) is 1.70. The van der Waals surface area contributed by atoms with E-state index in [1.165, 1.54) is 12.0 Å². The summed E-state index contributed by atoms with van der Waals surface area (Å²) in [5, 5.41) is 3.31. The number of pyridine rings is 1. The van der Waals surface area contributed by atoms with Crippen molar-refractivity contribution in [3.63, 3.8) is 0 Å². The van der Waals surface area contributed by atoms with Gasteiger partial charge in [0.1, 0.15) is 5.82 Å². The van der Waals surface area contributed by atoms with Gasteiger partial charge >= 0.3 is 0 Å². The molecule has 2 rings (SSSR count). The molecule has 106 valence electrons. The zero-order valence-corrected chi connectivity index (χ0v) is 12.2. The molecule has 4 nitrogen and oxygen atoms in total. The molecule has 1 aliphatic rings. The standard InChI is InChI=1S/C15H25N3O/c1-4-16-9-13-5-6-15(17-10-13)18-8-7-12(2)14(11-18)19-3/h5-6,10,12,14,16H,4,7-9,11H2,1-3H3. The van der Waals surface area contributed by atoms with Gasteiger partial charge in [0, 0.05) is 32.9 Å². The number of ether oxygens (including phenoxy) is 1. The quantitative estimate of drug-likeness (QED) is 0.882. The van der Waals surface area contributed by atoms with Crippen LogP contribution in [0.3, 0.4) is 0 Å². The lowest BCUT2D eigenvalue weighted by atomic mass is 9.96. The van der Waals surface area contributed by atoms with Crippen LogP contribution in [0.4, 0.5) is 5.82 Å². The van der Waals surface area contributed by atoms with Crippen LogP contribution < -0.4 is 10.2 Å². The van der Waals surface area contributed by atoms with E-state index in [2.05, 4.69) is 41.2 Å². The predicted molar refractivity (Wildman–Crippen MR) is 78.4 cm³/mol. The van der Waals surface area contributed by atoms with E-state index in [0.717, 1.165) is 32.0 Å². The Balaban J connectivity index is 1.98. The van der Waals surface area contributed by atoms with Gasteiger partial charge in [-0.25, -0.2) is 4.98 Å². The van der Waals surface area contributed by atoms with Gasteiger partial charge in [-0.15, -0.1) is 0 Å². The van der Waals surface area contributed by atoms with Gasteiger partial charge in [-0.3, -0.25) is 0 Å². The molecule has 0 spiro atoms. The molecule has 1 saturated heterocycles. The summed E-state index contributed by atoms with van der Waals surface area (Å²) in [6.45, 7) is 8.26. The average molecular weight is 263 g/mol. The summed E-state index contributed by atoms with van der Waals surface area (Å²) >= 11 is 0. The number of anilines is 1. The minimum Gasteiger partial charge on any atom is -0.379 e. The fraction of sp³-hybridized carbons (Fsp3) is 0.667. The third-order valence-corrected chi connectivity index (χ3v) is 3.90. The van der Waals surface area contributed by atoms with E-state index in [-0.39, 0.29) is 0 Å². The SMILES string of the molecule is CCNCc1ccc(N2CCC(C)C(OC)C2)nc1. The summed E-state index contributed by atoms with van der Waals surface area (Å²) in [6, 6.07) is 4.28. The van der Waals surface area contributed by atoms with E-state index in [4.69, 9.17) is 4.74 Å². The highest BCUT2D eigenvalue weighted by Crippen LogP contribution is 2.23. The van der Waals surface area contributed by atoms with Gasteiger partial charge in [-0.05, 0) is 30.5 Å². The molecule has 0 aliphatic carbocycles. The molecule has 1 fully saturated rings. The first-order valence-corrected chi connectivity index (χ1v) is 7.18. The van der Waals surface area contributed by atoms with Crippen molar-refractivity contribution in [1.82, 2.24) is 10.3 Å². The minimum atomic E-state index is 0.317. The first-order chi connectivity index (χ1) is 9.24. The number of hydrogen-bond acceptors (Lipinski definition) is 4. The van der Waals surface area contributed by atoms with Crippen molar-refractivity contribution >= 4 is 5.82 Å². The molecule has 1 aliphatic heterocycles. The molecule has 1 N–H and O–H groups in total. The Labute approximate surface area is 116 Å². The number of hydrogen-bond donors (Lipinski definition) is 1. The van der Waals surface area contributed by atoms with Crippen LogP contribution in [0.15, 0.2) is 18.3 Å². The first kappa shape index (κ1) is 14.3. The molecule has 0 radical (unpaired) electrons. The molecule has 4 heteroatoms. The summed E-state index contributed by atoms with van der Waals surface area (Å²) < 4.78 is 5.55. The number of rotatable bonds is 5. The molecule has 0 aromatic carbocycles. The second kappa shape index (κ2) is 6.87. The molecular formula is C15H25N3O. The van der Waals surface area contributed by atoms with Crippen LogP contribution in [0.5, 0.6) is 0 Å². The molecule has 2 unspecified atom stereocenters. The average Bonchev–Trinajstić information content (AvgIpc) is 2.46. The molecule has 0 saturated carbocycles. The maximum absolute atomic E-state index is 5.55. The third-order valence-electron chi connectivity index (χ3n) is 3.90. The number of piperidine rings is 1. The smallest absolute Gasteiger partial charge is 0.128 e. The Morgan fingerprint density at radius 1 is 1.47 bits per heavy atom. The van der Waals surface area contributed by atoms with E-state index in [9.17, 15) is 0 Å². The van der Waals surface area contributed by atoms with Gasteiger partial charge in [0.05, 0.1) is 6.10 Å². The zero-order chi connectivity index (χ0) is 13.7. The number of aromatic nitrogens is 1. The van der Waals surface area contributed by atoms with Crippen LogP contribution in [-0.4, -0.2) is 37.8 Å².